The molecule has 2 heterocycles. The minimum absolute atomic E-state index is 0.204. The Bertz CT molecular complexity index is 1250. The van der Waals surface area contributed by atoms with Gasteiger partial charge in [-0.2, -0.15) is 5.10 Å². The molecule has 34 heavy (non-hydrogen) atoms. The number of amides is 4. The number of aromatic nitrogens is 2. The lowest BCUT2D eigenvalue weighted by atomic mass is 10.0. The number of aromatic amines is 1. The highest BCUT2D eigenvalue weighted by Crippen LogP contribution is 2.41. The number of urea groups is 1. The third-order valence-electron chi connectivity index (χ3n) is 5.66. The maximum Gasteiger partial charge on any atom is 0.328 e. The highest BCUT2D eigenvalue weighted by atomic mass is 32.1. The fourth-order valence-corrected chi connectivity index (χ4v) is 4.04. The van der Waals surface area contributed by atoms with Gasteiger partial charge in [-0.15, -0.1) is 0 Å². The van der Waals surface area contributed by atoms with Crippen molar-refractivity contribution < 1.29 is 14.4 Å². The summed E-state index contributed by atoms with van der Waals surface area (Å²) in [5, 5.41) is 16.2. The van der Waals surface area contributed by atoms with Gasteiger partial charge in [-0.1, -0.05) is 18.9 Å². The van der Waals surface area contributed by atoms with Gasteiger partial charge >= 0.3 is 6.03 Å². The van der Waals surface area contributed by atoms with Crippen molar-refractivity contribution in [2.75, 3.05) is 16.0 Å². The zero-order valence-electron chi connectivity index (χ0n) is 18.9. The molecule has 0 atom stereocenters. The van der Waals surface area contributed by atoms with E-state index in [1.165, 1.54) is 6.92 Å². The van der Waals surface area contributed by atoms with Gasteiger partial charge in [-0.05, 0) is 56.3 Å². The molecule has 0 saturated heterocycles. The zero-order valence-corrected chi connectivity index (χ0v) is 19.8. The van der Waals surface area contributed by atoms with Crippen molar-refractivity contribution >= 4 is 53.5 Å². The molecule has 3 aromatic rings. The van der Waals surface area contributed by atoms with Crippen molar-refractivity contribution in [3.63, 3.8) is 0 Å². The number of hydrogen-bond acceptors (Lipinski definition) is 6. The van der Waals surface area contributed by atoms with Crippen LogP contribution in [0.15, 0.2) is 48.5 Å². The Hall–Kier alpha value is -3.99. The molecule has 1 aliphatic rings. The van der Waals surface area contributed by atoms with Crippen LogP contribution in [0, 0.1) is 0 Å². The van der Waals surface area contributed by atoms with Gasteiger partial charge in [0.25, 0.3) is 5.91 Å². The van der Waals surface area contributed by atoms with Gasteiger partial charge in [0.1, 0.15) is 0 Å². The normalized spacial score (nSPS) is 13.7. The van der Waals surface area contributed by atoms with Crippen LogP contribution >= 0.6 is 12.8 Å². The third-order valence-corrected chi connectivity index (χ3v) is 5.85. The van der Waals surface area contributed by atoms with Gasteiger partial charge in [0.05, 0.1) is 17.8 Å². The molecule has 2 aromatic carbocycles. The minimum atomic E-state index is -0.555. The van der Waals surface area contributed by atoms with Crippen molar-refractivity contribution in [2.45, 2.75) is 32.9 Å². The molecule has 0 bridgehead atoms. The van der Waals surface area contributed by atoms with Crippen LogP contribution in [-0.4, -0.2) is 32.9 Å². The first-order chi connectivity index (χ1) is 16.2. The molecule has 11 heteroatoms. The Kier molecular flexibility index (Phi) is 6.20. The number of H-pyrrole nitrogens is 1. The lowest BCUT2D eigenvalue weighted by molar-refractivity contribution is -0.114. The first kappa shape index (κ1) is 23.2. The molecule has 0 aliphatic carbocycles. The summed E-state index contributed by atoms with van der Waals surface area (Å²) in [4.78, 5) is 37.7. The molecule has 0 spiro atoms. The number of carbonyl (C=O) groups is 3. The van der Waals surface area contributed by atoms with E-state index in [-0.39, 0.29) is 17.8 Å². The van der Waals surface area contributed by atoms with Gasteiger partial charge in [0.2, 0.25) is 5.91 Å². The van der Waals surface area contributed by atoms with Gasteiger partial charge in [0.15, 0.2) is 5.82 Å². The molecule has 1 aromatic heterocycles. The molecule has 0 saturated carbocycles. The van der Waals surface area contributed by atoms with Crippen LogP contribution in [0.2, 0.25) is 0 Å². The largest absolute Gasteiger partial charge is 0.338 e. The van der Waals surface area contributed by atoms with E-state index in [0.717, 1.165) is 16.9 Å². The van der Waals surface area contributed by atoms with Gasteiger partial charge in [-0.3, -0.25) is 19.4 Å². The monoisotopic (exact) mass is 479 g/mol. The number of benzene rings is 2. The number of nitrogens with zero attached hydrogens (tertiary/aromatic N) is 2. The summed E-state index contributed by atoms with van der Waals surface area (Å²) in [6, 6.07) is 13.6. The number of anilines is 4. The van der Waals surface area contributed by atoms with Crippen LogP contribution in [0.25, 0.3) is 0 Å². The molecule has 1 aliphatic heterocycles. The first-order valence-electron chi connectivity index (χ1n) is 10.5. The molecule has 0 radical (unpaired) electrons. The van der Waals surface area contributed by atoms with Crippen LogP contribution in [-0.2, 0) is 16.9 Å². The van der Waals surface area contributed by atoms with Crippen LogP contribution in [0.4, 0.5) is 27.7 Å². The highest BCUT2D eigenvalue weighted by molar-refractivity contribution is 7.78. The number of nitrogens with one attached hydrogen (secondary N) is 5. The topological polar surface area (TPSA) is 131 Å². The molecule has 5 N–H and O–H groups in total. The summed E-state index contributed by atoms with van der Waals surface area (Å²) >= 11 is 3.88. The molecule has 176 valence electrons. The van der Waals surface area contributed by atoms with Crippen LogP contribution in [0.5, 0.6) is 0 Å². The first-order valence-corrected chi connectivity index (χ1v) is 11.0. The fraction of sp³-hybridized carbons (Fsp3) is 0.217. The average molecular weight is 480 g/mol. The second kappa shape index (κ2) is 9.10. The summed E-state index contributed by atoms with van der Waals surface area (Å²) in [5.41, 5.74) is 3.58. The lowest BCUT2D eigenvalue weighted by Crippen LogP contribution is -2.43. The smallest absolute Gasteiger partial charge is 0.328 e. The van der Waals surface area contributed by atoms with Crippen LogP contribution in [0.3, 0.4) is 0 Å². The van der Waals surface area contributed by atoms with E-state index in [1.54, 1.807) is 41.3 Å². The van der Waals surface area contributed by atoms with E-state index in [2.05, 4.69) is 43.7 Å². The lowest BCUT2D eigenvalue weighted by Gasteiger charge is -2.30. The molecule has 4 rings (SSSR count). The zero-order chi connectivity index (χ0) is 24.5. The summed E-state index contributed by atoms with van der Waals surface area (Å²) in [5.74, 6) is 0.136. The van der Waals surface area contributed by atoms with Crippen molar-refractivity contribution in [3.05, 3.63) is 65.4 Å². The fourth-order valence-electron chi connectivity index (χ4n) is 3.92. The van der Waals surface area contributed by atoms with Crippen molar-refractivity contribution in [3.8, 4) is 0 Å². The Morgan fingerprint density at radius 2 is 1.74 bits per heavy atom. The Morgan fingerprint density at radius 3 is 2.41 bits per heavy atom. The predicted octanol–water partition coefficient (Wildman–Crippen LogP) is 3.97. The quantitative estimate of drug-likeness (QED) is 0.308. The number of hydrogen-bond donors (Lipinski definition) is 6. The third kappa shape index (κ3) is 4.55. The number of fused-ring (bicyclic) bond motifs is 1. The van der Waals surface area contributed by atoms with Crippen molar-refractivity contribution in [2.24, 2.45) is 0 Å². The molecule has 4 amide bonds. The van der Waals surface area contributed by atoms with Gasteiger partial charge in [-0.25, -0.2) is 4.79 Å². The number of carbonyl (C=O) groups excluding carboxylic acids is 3. The van der Waals surface area contributed by atoms with Gasteiger partial charge in [0, 0.05) is 35.1 Å². The molecular formula is C23H25N7O3S. The average Bonchev–Trinajstić information content (AvgIpc) is 3.32. The van der Waals surface area contributed by atoms with E-state index >= 15 is 0 Å². The predicted molar refractivity (Wildman–Crippen MR) is 133 cm³/mol. The minimum Gasteiger partial charge on any atom is -0.338 e. The molecule has 0 unspecified atom stereocenters. The van der Waals surface area contributed by atoms with Gasteiger partial charge < -0.3 is 20.9 Å². The van der Waals surface area contributed by atoms with E-state index in [1.807, 2.05) is 26.0 Å². The van der Waals surface area contributed by atoms with Crippen molar-refractivity contribution in [1.29, 1.82) is 0 Å². The molecule has 0 fully saturated rings. The summed E-state index contributed by atoms with van der Waals surface area (Å²) in [6.45, 7) is 5.68. The second-order valence-corrected chi connectivity index (χ2v) is 8.63. The number of rotatable bonds is 5. The summed E-state index contributed by atoms with van der Waals surface area (Å²) < 4.78 is 2.37. The summed E-state index contributed by atoms with van der Waals surface area (Å²) in [7, 11) is 0. The van der Waals surface area contributed by atoms with Crippen LogP contribution < -0.4 is 20.7 Å². The Labute approximate surface area is 202 Å². The van der Waals surface area contributed by atoms with E-state index in [9.17, 15) is 14.4 Å². The Morgan fingerprint density at radius 1 is 1.03 bits per heavy atom. The summed E-state index contributed by atoms with van der Waals surface area (Å²) in [6.07, 6.45) is 0. The standard InChI is InChI=1S/C23H25N7O3S/c1-13(31)24-17-6-4-5-14(11-17)21(32)26-16-9-7-15(8-10-16)25-20-18-12-30(22(33)29-34)23(2,3)19(18)27-28-20/h4-11,34H,12H2,1-3H3,(H,24,31)(H,26,32)(H,29,33)(H2,25,27,28). The molecule has 10 nitrogen and oxygen atoms in total. The van der Waals surface area contributed by atoms with E-state index in [4.69, 9.17) is 0 Å². The highest BCUT2D eigenvalue weighted by Gasteiger charge is 2.43. The second-order valence-electron chi connectivity index (χ2n) is 8.41. The maximum absolute atomic E-state index is 12.6. The van der Waals surface area contributed by atoms with E-state index in [0.29, 0.717) is 29.3 Å². The van der Waals surface area contributed by atoms with Crippen LogP contribution in [0.1, 0.15) is 42.4 Å². The number of thiol groups is 1. The van der Waals surface area contributed by atoms with Crippen molar-refractivity contribution in [1.82, 2.24) is 19.8 Å². The SMILES string of the molecule is CC(=O)Nc1cccc(C(=O)Nc2ccc(Nc3n[nH]c4c3CN(C(=O)NS)C4(C)C)cc2)c1. The molecular weight excluding hydrogens is 454 g/mol. The Balaban J connectivity index is 1.44. The maximum atomic E-state index is 12.6. The van der Waals surface area contributed by atoms with E-state index < -0.39 is 5.54 Å².